The lowest BCUT2D eigenvalue weighted by Crippen LogP contribution is -2.36. The molecule has 0 fully saturated rings. The number of hydrogen-bond acceptors (Lipinski definition) is 8. The van der Waals surface area contributed by atoms with E-state index in [-0.39, 0.29) is 17.4 Å². The quantitative estimate of drug-likeness (QED) is 0.374. The van der Waals surface area contributed by atoms with Crippen LogP contribution < -0.4 is 16.0 Å². The van der Waals surface area contributed by atoms with Gasteiger partial charge in [-0.1, -0.05) is 6.58 Å². The Morgan fingerprint density at radius 3 is 2.75 bits per heavy atom. The van der Waals surface area contributed by atoms with E-state index < -0.39 is 6.03 Å². The Kier molecular flexibility index (Phi) is 5.39. The molecule has 3 aromatic heterocycles. The fraction of sp³-hybridized carbons (Fsp3) is 0.188. The zero-order chi connectivity index (χ0) is 20.1. The summed E-state index contributed by atoms with van der Waals surface area (Å²) >= 11 is 0. The maximum absolute atomic E-state index is 11.7. The number of hydrogen-bond donors (Lipinski definition) is 5. The van der Waals surface area contributed by atoms with Crippen molar-refractivity contribution in [1.29, 1.82) is 5.41 Å². The SMILES string of the molecule is C=C(NC(=O)NCC)Nc1c(C(=N)c2ccncc2)nc(-c2nn[nH]n2)n1C. The van der Waals surface area contributed by atoms with Crippen molar-refractivity contribution in [3.05, 3.63) is 48.2 Å². The first-order valence-corrected chi connectivity index (χ1v) is 8.31. The van der Waals surface area contributed by atoms with Gasteiger partial charge in [0.2, 0.25) is 5.82 Å². The molecular formula is C16H19N11O. The molecule has 3 heterocycles. The number of H-pyrrole nitrogens is 1. The second-order valence-corrected chi connectivity index (χ2v) is 5.63. The van der Waals surface area contributed by atoms with Crippen molar-refractivity contribution in [2.75, 3.05) is 11.9 Å². The summed E-state index contributed by atoms with van der Waals surface area (Å²) in [4.78, 5) is 20.2. The molecule has 0 bridgehead atoms. The molecule has 0 aliphatic rings. The van der Waals surface area contributed by atoms with Gasteiger partial charge in [-0.2, -0.15) is 5.21 Å². The van der Waals surface area contributed by atoms with Gasteiger partial charge in [-0.15, -0.1) is 10.2 Å². The fourth-order valence-corrected chi connectivity index (χ4v) is 2.44. The Balaban J connectivity index is 1.98. The van der Waals surface area contributed by atoms with Crippen LogP contribution in [0.5, 0.6) is 0 Å². The van der Waals surface area contributed by atoms with Crippen molar-refractivity contribution < 1.29 is 4.79 Å². The molecule has 28 heavy (non-hydrogen) atoms. The van der Waals surface area contributed by atoms with E-state index in [1.807, 2.05) is 6.92 Å². The maximum atomic E-state index is 11.7. The molecular weight excluding hydrogens is 362 g/mol. The lowest BCUT2D eigenvalue weighted by Gasteiger charge is -2.14. The van der Waals surface area contributed by atoms with E-state index in [0.29, 0.717) is 29.4 Å². The van der Waals surface area contributed by atoms with E-state index in [4.69, 9.17) is 5.41 Å². The molecule has 0 aliphatic carbocycles. The average Bonchev–Trinajstić information content (AvgIpc) is 3.31. The molecule has 12 heteroatoms. The Bertz CT molecular complexity index is 991. The van der Waals surface area contributed by atoms with Gasteiger partial charge < -0.3 is 15.2 Å². The van der Waals surface area contributed by atoms with Gasteiger partial charge in [0.25, 0.3) is 0 Å². The van der Waals surface area contributed by atoms with E-state index in [1.54, 1.807) is 36.1 Å². The molecule has 3 rings (SSSR count). The van der Waals surface area contributed by atoms with Gasteiger partial charge in [0.1, 0.15) is 17.3 Å². The van der Waals surface area contributed by atoms with Gasteiger partial charge in [0, 0.05) is 31.5 Å². The molecule has 144 valence electrons. The molecule has 0 unspecified atom stereocenters. The van der Waals surface area contributed by atoms with Crippen LogP contribution in [0.3, 0.4) is 0 Å². The Morgan fingerprint density at radius 2 is 2.11 bits per heavy atom. The zero-order valence-electron chi connectivity index (χ0n) is 15.3. The number of nitrogens with one attached hydrogen (secondary N) is 5. The number of aromatic nitrogens is 7. The van der Waals surface area contributed by atoms with Crippen molar-refractivity contribution in [3.63, 3.8) is 0 Å². The standard InChI is InChI=1S/C16H19N11O/c1-4-19-16(28)21-9(2)20-14-12(11(17)10-5-7-18-8-6-10)22-15(27(14)3)13-23-25-26-24-13/h5-8,17,20H,2,4H2,1,3H3,(H2,19,21,28)(H,23,24,25,26). The molecule has 5 N–H and O–H groups in total. The largest absolute Gasteiger partial charge is 0.338 e. The number of pyridine rings is 1. The van der Waals surface area contributed by atoms with Gasteiger partial charge in [-0.05, 0) is 24.3 Å². The highest BCUT2D eigenvalue weighted by molar-refractivity contribution is 6.12. The highest BCUT2D eigenvalue weighted by atomic mass is 16.2. The third-order valence-electron chi connectivity index (χ3n) is 3.72. The fourth-order valence-electron chi connectivity index (χ4n) is 2.44. The normalized spacial score (nSPS) is 10.4. The molecule has 2 amide bonds. The van der Waals surface area contributed by atoms with Crippen LogP contribution in [0.2, 0.25) is 0 Å². The second-order valence-electron chi connectivity index (χ2n) is 5.63. The van der Waals surface area contributed by atoms with Crippen LogP contribution in [0.25, 0.3) is 11.6 Å². The first-order valence-electron chi connectivity index (χ1n) is 8.31. The number of anilines is 1. The second kappa shape index (κ2) is 8.07. The lowest BCUT2D eigenvalue weighted by molar-refractivity contribution is 0.244. The minimum atomic E-state index is -0.397. The smallest absolute Gasteiger partial charge is 0.320 e. The summed E-state index contributed by atoms with van der Waals surface area (Å²) in [6, 6.07) is 3.01. The number of carbonyl (C=O) groups excluding carboxylic acids is 1. The van der Waals surface area contributed by atoms with Crippen LogP contribution >= 0.6 is 0 Å². The van der Waals surface area contributed by atoms with Gasteiger partial charge in [0.15, 0.2) is 5.82 Å². The third kappa shape index (κ3) is 3.85. The summed E-state index contributed by atoms with van der Waals surface area (Å²) in [7, 11) is 1.73. The van der Waals surface area contributed by atoms with E-state index in [1.165, 1.54) is 0 Å². The number of amides is 2. The number of urea groups is 1. The first-order chi connectivity index (χ1) is 13.5. The highest BCUT2D eigenvalue weighted by Gasteiger charge is 2.23. The predicted molar refractivity (Wildman–Crippen MR) is 102 cm³/mol. The molecule has 0 aliphatic heterocycles. The summed E-state index contributed by atoms with van der Waals surface area (Å²) in [5, 5.41) is 30.6. The molecule has 12 nitrogen and oxygen atoms in total. The molecule has 0 saturated heterocycles. The summed E-state index contributed by atoms with van der Waals surface area (Å²) < 4.78 is 1.65. The topological polar surface area (TPSA) is 162 Å². The number of tetrazole rings is 1. The minimum Gasteiger partial charge on any atom is -0.338 e. The maximum Gasteiger partial charge on any atom is 0.320 e. The highest BCUT2D eigenvalue weighted by Crippen LogP contribution is 2.25. The Morgan fingerprint density at radius 1 is 1.36 bits per heavy atom. The van der Waals surface area contributed by atoms with E-state index in [2.05, 4.69) is 53.1 Å². The van der Waals surface area contributed by atoms with Gasteiger partial charge in [0.05, 0.1) is 5.71 Å². The Labute approximate surface area is 160 Å². The molecule has 0 spiro atoms. The third-order valence-corrected chi connectivity index (χ3v) is 3.72. The Hall–Kier alpha value is -4.09. The lowest BCUT2D eigenvalue weighted by atomic mass is 10.1. The molecule has 3 aromatic rings. The summed E-state index contributed by atoms with van der Waals surface area (Å²) in [6.45, 7) is 6.09. The van der Waals surface area contributed by atoms with E-state index >= 15 is 0 Å². The zero-order valence-corrected chi connectivity index (χ0v) is 15.3. The summed E-state index contributed by atoms with van der Waals surface area (Å²) in [5.41, 5.74) is 1.10. The van der Waals surface area contributed by atoms with Crippen molar-refractivity contribution in [1.82, 2.24) is 45.8 Å². The van der Waals surface area contributed by atoms with Gasteiger partial charge >= 0.3 is 6.03 Å². The number of nitrogens with zero attached hydrogens (tertiary/aromatic N) is 6. The van der Waals surface area contributed by atoms with Crippen LogP contribution in [0.15, 0.2) is 36.9 Å². The minimum absolute atomic E-state index is 0.154. The van der Waals surface area contributed by atoms with Gasteiger partial charge in [-0.25, -0.2) is 9.78 Å². The van der Waals surface area contributed by atoms with Crippen LogP contribution in [0, 0.1) is 5.41 Å². The van der Waals surface area contributed by atoms with E-state index in [9.17, 15) is 4.79 Å². The number of carbonyl (C=O) groups is 1. The van der Waals surface area contributed by atoms with Crippen LogP contribution in [-0.2, 0) is 7.05 Å². The van der Waals surface area contributed by atoms with Crippen LogP contribution in [0.1, 0.15) is 18.2 Å². The summed E-state index contributed by atoms with van der Waals surface area (Å²) in [6.07, 6.45) is 3.19. The predicted octanol–water partition coefficient (Wildman–Crippen LogP) is 0.614. The van der Waals surface area contributed by atoms with Crippen LogP contribution in [0.4, 0.5) is 10.6 Å². The molecule has 0 saturated carbocycles. The summed E-state index contributed by atoms with van der Waals surface area (Å²) in [5.74, 6) is 1.30. The number of rotatable bonds is 7. The number of imidazole rings is 1. The molecule has 0 aromatic carbocycles. The molecule has 0 atom stereocenters. The van der Waals surface area contributed by atoms with Crippen molar-refractivity contribution in [2.45, 2.75) is 6.92 Å². The van der Waals surface area contributed by atoms with Crippen molar-refractivity contribution in [2.24, 2.45) is 7.05 Å². The monoisotopic (exact) mass is 381 g/mol. The van der Waals surface area contributed by atoms with Crippen LogP contribution in [-0.4, -0.2) is 53.4 Å². The van der Waals surface area contributed by atoms with E-state index in [0.717, 1.165) is 0 Å². The van der Waals surface area contributed by atoms with Gasteiger partial charge in [-0.3, -0.25) is 15.7 Å². The molecule has 0 radical (unpaired) electrons. The van der Waals surface area contributed by atoms with Crippen molar-refractivity contribution >= 4 is 17.6 Å². The van der Waals surface area contributed by atoms with Crippen molar-refractivity contribution in [3.8, 4) is 11.6 Å². The first kappa shape index (κ1) is 18.7. The number of aromatic amines is 1. The average molecular weight is 381 g/mol.